The van der Waals surface area contributed by atoms with Crippen molar-refractivity contribution in [3.8, 4) is 0 Å². The van der Waals surface area contributed by atoms with Crippen molar-refractivity contribution in [1.82, 2.24) is 15.0 Å². The fourth-order valence-corrected chi connectivity index (χ4v) is 2.01. The summed E-state index contributed by atoms with van der Waals surface area (Å²) in [6.07, 6.45) is 1.38. The Balaban J connectivity index is 2.24. The number of nitrogens with one attached hydrogen (secondary N) is 2. The molecule has 2 heterocycles. The van der Waals surface area contributed by atoms with E-state index < -0.39 is 5.54 Å². The van der Waals surface area contributed by atoms with Crippen LogP contribution in [0.15, 0.2) is 0 Å². The molecule has 2 rings (SSSR count). The van der Waals surface area contributed by atoms with Gasteiger partial charge >= 0.3 is 0 Å². The van der Waals surface area contributed by atoms with Gasteiger partial charge in [-0.25, -0.2) is 5.84 Å². The topological polar surface area (TPSA) is 121 Å². The second-order valence-electron chi connectivity index (χ2n) is 5.00. The molecule has 1 aromatic rings. The lowest BCUT2D eigenvalue weighted by molar-refractivity contribution is 0.0377. The maximum atomic E-state index is 9.67. The zero-order chi connectivity index (χ0) is 14.6. The van der Waals surface area contributed by atoms with Gasteiger partial charge in [0.05, 0.1) is 12.1 Å². The number of aliphatic hydroxyl groups excluding tert-OH is 1. The highest BCUT2D eigenvalue weighted by atomic mass is 16.5. The van der Waals surface area contributed by atoms with E-state index in [-0.39, 0.29) is 12.6 Å². The van der Waals surface area contributed by atoms with E-state index >= 15 is 0 Å². The Labute approximate surface area is 117 Å². The fourth-order valence-electron chi connectivity index (χ4n) is 2.01. The van der Waals surface area contributed by atoms with Crippen molar-refractivity contribution >= 4 is 17.8 Å². The minimum absolute atomic E-state index is 0.00920. The Morgan fingerprint density at radius 2 is 1.90 bits per heavy atom. The van der Waals surface area contributed by atoms with Gasteiger partial charge in [-0.1, -0.05) is 0 Å². The maximum absolute atomic E-state index is 9.67. The van der Waals surface area contributed by atoms with E-state index in [0.29, 0.717) is 38.0 Å². The summed E-state index contributed by atoms with van der Waals surface area (Å²) in [4.78, 5) is 14.4. The van der Waals surface area contributed by atoms with Gasteiger partial charge in [-0.3, -0.25) is 5.43 Å². The largest absolute Gasteiger partial charge is 0.394 e. The molecule has 1 aromatic heterocycles. The number of nitrogen functional groups attached to an aromatic ring is 1. The lowest BCUT2D eigenvalue weighted by Crippen LogP contribution is -2.47. The summed E-state index contributed by atoms with van der Waals surface area (Å²) < 4.78 is 5.33. The van der Waals surface area contributed by atoms with E-state index in [0.717, 1.165) is 0 Å². The molecule has 0 aromatic carbocycles. The third kappa shape index (κ3) is 3.24. The maximum Gasteiger partial charge on any atom is 0.243 e. The zero-order valence-electron chi connectivity index (χ0n) is 11.8. The molecule has 20 heavy (non-hydrogen) atoms. The van der Waals surface area contributed by atoms with E-state index in [1.165, 1.54) is 0 Å². The highest BCUT2D eigenvalue weighted by Crippen LogP contribution is 2.25. The van der Waals surface area contributed by atoms with Gasteiger partial charge in [0.2, 0.25) is 17.8 Å². The van der Waals surface area contributed by atoms with Crippen LogP contribution < -0.4 is 21.5 Å². The Bertz CT molecular complexity index is 448. The monoisotopic (exact) mass is 283 g/mol. The normalized spacial score (nSPS) is 17.6. The van der Waals surface area contributed by atoms with Crippen LogP contribution in [0.3, 0.4) is 0 Å². The van der Waals surface area contributed by atoms with Gasteiger partial charge in [0.15, 0.2) is 0 Å². The molecule has 0 spiro atoms. The summed E-state index contributed by atoms with van der Waals surface area (Å²) in [7, 11) is 3.66. The highest BCUT2D eigenvalue weighted by Gasteiger charge is 2.33. The number of anilines is 3. The molecule has 1 aliphatic heterocycles. The Kier molecular flexibility index (Phi) is 4.53. The summed E-state index contributed by atoms with van der Waals surface area (Å²) in [5.74, 6) is 6.50. The molecular formula is C11H21N7O2. The predicted molar refractivity (Wildman–Crippen MR) is 75.5 cm³/mol. The number of hydrogen-bond donors (Lipinski definition) is 4. The van der Waals surface area contributed by atoms with Gasteiger partial charge < -0.3 is 20.1 Å². The van der Waals surface area contributed by atoms with Crippen LogP contribution >= 0.6 is 0 Å². The molecular weight excluding hydrogens is 262 g/mol. The van der Waals surface area contributed by atoms with Crippen molar-refractivity contribution in [2.24, 2.45) is 5.84 Å². The minimum atomic E-state index is -0.463. The molecule has 1 saturated heterocycles. The molecule has 1 aliphatic rings. The quantitative estimate of drug-likeness (QED) is 0.405. The van der Waals surface area contributed by atoms with Crippen molar-refractivity contribution in [2.45, 2.75) is 18.4 Å². The van der Waals surface area contributed by atoms with Crippen molar-refractivity contribution in [3.63, 3.8) is 0 Å². The van der Waals surface area contributed by atoms with Crippen LogP contribution in [0.2, 0.25) is 0 Å². The first-order valence-corrected chi connectivity index (χ1v) is 6.45. The number of nitrogens with zero attached hydrogens (tertiary/aromatic N) is 4. The minimum Gasteiger partial charge on any atom is -0.394 e. The second kappa shape index (κ2) is 6.16. The standard InChI is InChI=1S/C11H21N7O2/c1-18(2)10-14-8(13-9(15-10)17-12)16-11(7-19)3-5-20-6-4-11/h19H,3-7,12H2,1-2H3,(H2,13,14,15,16,17). The average Bonchev–Trinajstić information content (AvgIpc) is 2.47. The van der Waals surface area contributed by atoms with E-state index in [1.807, 2.05) is 14.1 Å². The fraction of sp³-hybridized carbons (Fsp3) is 0.727. The third-order valence-corrected chi connectivity index (χ3v) is 3.28. The van der Waals surface area contributed by atoms with Gasteiger partial charge in [0, 0.05) is 27.3 Å². The molecule has 0 radical (unpaired) electrons. The van der Waals surface area contributed by atoms with Crippen molar-refractivity contribution in [3.05, 3.63) is 0 Å². The molecule has 0 unspecified atom stereocenters. The number of aliphatic hydroxyl groups is 1. The Morgan fingerprint density at radius 3 is 2.45 bits per heavy atom. The number of hydrogen-bond acceptors (Lipinski definition) is 9. The smallest absolute Gasteiger partial charge is 0.243 e. The van der Waals surface area contributed by atoms with Gasteiger partial charge in [-0.05, 0) is 12.8 Å². The van der Waals surface area contributed by atoms with Crippen LogP contribution in [0.1, 0.15) is 12.8 Å². The van der Waals surface area contributed by atoms with E-state index in [2.05, 4.69) is 25.7 Å². The number of aromatic nitrogens is 3. The predicted octanol–water partition coefficient (Wildman–Crippen LogP) is -0.823. The van der Waals surface area contributed by atoms with Crippen LogP contribution in [0.25, 0.3) is 0 Å². The number of hydrazine groups is 1. The van der Waals surface area contributed by atoms with Crippen LogP contribution in [-0.2, 0) is 4.74 Å². The van der Waals surface area contributed by atoms with Crippen molar-refractivity contribution < 1.29 is 9.84 Å². The summed E-state index contributed by atoms with van der Waals surface area (Å²) in [5, 5.41) is 12.9. The van der Waals surface area contributed by atoms with Gasteiger partial charge in [0.25, 0.3) is 0 Å². The molecule has 0 amide bonds. The zero-order valence-corrected chi connectivity index (χ0v) is 11.8. The van der Waals surface area contributed by atoms with Gasteiger partial charge in [-0.15, -0.1) is 0 Å². The second-order valence-corrected chi connectivity index (χ2v) is 5.00. The summed E-state index contributed by atoms with van der Waals surface area (Å²) >= 11 is 0. The van der Waals surface area contributed by atoms with E-state index in [4.69, 9.17) is 10.6 Å². The molecule has 9 nitrogen and oxygen atoms in total. The van der Waals surface area contributed by atoms with Crippen LogP contribution in [-0.4, -0.2) is 59.5 Å². The summed E-state index contributed by atoms with van der Waals surface area (Å²) in [5.41, 5.74) is 1.95. The SMILES string of the molecule is CN(C)c1nc(NN)nc(NC2(CO)CCOCC2)n1. The summed E-state index contributed by atoms with van der Waals surface area (Å²) in [6.45, 7) is 1.19. The number of rotatable bonds is 5. The van der Waals surface area contributed by atoms with Gasteiger partial charge in [-0.2, -0.15) is 15.0 Å². The molecule has 112 valence electrons. The van der Waals surface area contributed by atoms with Crippen LogP contribution in [0.5, 0.6) is 0 Å². The van der Waals surface area contributed by atoms with Crippen LogP contribution in [0.4, 0.5) is 17.8 Å². The molecule has 0 atom stereocenters. The Morgan fingerprint density at radius 1 is 1.25 bits per heavy atom. The lowest BCUT2D eigenvalue weighted by atomic mass is 9.91. The first kappa shape index (κ1) is 14.7. The number of nitrogens with two attached hydrogens (primary N) is 1. The summed E-state index contributed by atoms with van der Waals surface area (Å²) in [6, 6.07) is 0. The van der Waals surface area contributed by atoms with Crippen LogP contribution in [0, 0.1) is 0 Å². The molecule has 1 fully saturated rings. The van der Waals surface area contributed by atoms with Gasteiger partial charge in [0.1, 0.15) is 0 Å². The van der Waals surface area contributed by atoms with E-state index in [1.54, 1.807) is 4.90 Å². The first-order chi connectivity index (χ1) is 9.58. The molecule has 5 N–H and O–H groups in total. The molecule has 0 saturated carbocycles. The van der Waals surface area contributed by atoms with Crippen molar-refractivity contribution in [1.29, 1.82) is 0 Å². The average molecular weight is 283 g/mol. The third-order valence-electron chi connectivity index (χ3n) is 3.28. The lowest BCUT2D eigenvalue weighted by Gasteiger charge is -2.36. The molecule has 9 heteroatoms. The first-order valence-electron chi connectivity index (χ1n) is 6.45. The van der Waals surface area contributed by atoms with E-state index in [9.17, 15) is 5.11 Å². The molecule has 0 bridgehead atoms. The molecule has 0 aliphatic carbocycles. The Hall–Kier alpha value is -1.71. The highest BCUT2D eigenvalue weighted by molar-refractivity contribution is 5.43. The number of ether oxygens (including phenoxy) is 1. The van der Waals surface area contributed by atoms with Crippen molar-refractivity contribution in [2.75, 3.05) is 49.6 Å².